The maximum Gasteiger partial charge on any atom is 0.231 e. The summed E-state index contributed by atoms with van der Waals surface area (Å²) in [6, 6.07) is 16.1. The molecule has 0 aromatic heterocycles. The Morgan fingerprint density at radius 1 is 1.05 bits per heavy atom. The first-order valence-electron chi connectivity index (χ1n) is 7.61. The van der Waals surface area contributed by atoms with Gasteiger partial charge in [0.25, 0.3) is 0 Å². The smallest absolute Gasteiger partial charge is 0.231 e. The van der Waals surface area contributed by atoms with Crippen LogP contribution >= 0.6 is 0 Å². The van der Waals surface area contributed by atoms with Gasteiger partial charge in [-0.15, -0.1) is 0 Å². The third-order valence-corrected chi connectivity index (χ3v) is 3.91. The number of carbonyl (C=O) groups excluding carboxylic acids is 1. The lowest BCUT2D eigenvalue weighted by atomic mass is 9.95. The average Bonchev–Trinajstić information content (AvgIpc) is 2.51. The predicted molar refractivity (Wildman–Crippen MR) is 88.7 cm³/mol. The molecule has 0 aliphatic carbocycles. The number of carbonyl (C=O) groups is 1. The van der Waals surface area contributed by atoms with Gasteiger partial charge < -0.3 is 5.32 Å². The maximum absolute atomic E-state index is 12.7. The molecule has 0 radical (unpaired) electrons. The van der Waals surface area contributed by atoms with Gasteiger partial charge in [0.1, 0.15) is 0 Å². The number of nitrogens with one attached hydrogen (secondary N) is 1. The van der Waals surface area contributed by atoms with Crippen molar-refractivity contribution < 1.29 is 4.79 Å². The van der Waals surface area contributed by atoms with Crippen molar-refractivity contribution in [2.45, 2.75) is 39.5 Å². The number of amides is 1. The molecule has 0 heterocycles. The molecule has 0 fully saturated rings. The fourth-order valence-electron chi connectivity index (χ4n) is 2.67. The topological polar surface area (TPSA) is 29.1 Å². The van der Waals surface area contributed by atoms with Crippen LogP contribution in [0.2, 0.25) is 0 Å². The number of para-hydroxylation sites is 1. The number of anilines is 1. The number of aryl methyl sites for hydroxylation is 2. The first-order valence-corrected chi connectivity index (χ1v) is 7.61. The summed E-state index contributed by atoms with van der Waals surface area (Å²) in [5.74, 6) is -0.0248. The van der Waals surface area contributed by atoms with Gasteiger partial charge in [-0.05, 0) is 36.5 Å². The second-order valence-electron chi connectivity index (χ2n) is 5.32. The second kappa shape index (κ2) is 7.07. The quantitative estimate of drug-likeness (QED) is 0.846. The molecule has 0 saturated heterocycles. The third kappa shape index (κ3) is 3.52. The van der Waals surface area contributed by atoms with E-state index in [2.05, 4.69) is 25.2 Å². The van der Waals surface area contributed by atoms with E-state index in [0.29, 0.717) is 0 Å². The Morgan fingerprint density at radius 2 is 1.76 bits per heavy atom. The molecule has 2 heteroatoms. The third-order valence-electron chi connectivity index (χ3n) is 3.91. The summed E-state index contributed by atoms with van der Waals surface area (Å²) < 4.78 is 0. The molecule has 0 saturated carbocycles. The molecule has 1 N–H and O–H groups in total. The van der Waals surface area contributed by atoms with Gasteiger partial charge in [-0.1, -0.05) is 62.4 Å². The number of rotatable bonds is 5. The molecule has 2 nitrogen and oxygen atoms in total. The molecule has 1 atom stereocenters. The number of hydrogen-bond acceptors (Lipinski definition) is 1. The SMILES string of the molecule is CCc1cccc(C)c1NC(=O)[C@H](CC)c1ccccc1. The van der Waals surface area contributed by atoms with Gasteiger partial charge in [-0.3, -0.25) is 4.79 Å². The van der Waals surface area contributed by atoms with E-state index >= 15 is 0 Å². The summed E-state index contributed by atoms with van der Waals surface area (Å²) in [7, 11) is 0. The normalized spacial score (nSPS) is 12.0. The van der Waals surface area contributed by atoms with Crippen LogP contribution in [0.4, 0.5) is 5.69 Å². The lowest BCUT2D eigenvalue weighted by molar-refractivity contribution is -0.117. The zero-order chi connectivity index (χ0) is 15.2. The molecular formula is C19H23NO. The van der Waals surface area contributed by atoms with Crippen molar-refractivity contribution in [2.75, 3.05) is 5.32 Å². The van der Waals surface area contributed by atoms with Crippen molar-refractivity contribution >= 4 is 11.6 Å². The summed E-state index contributed by atoms with van der Waals surface area (Å²) >= 11 is 0. The Bertz CT molecular complexity index is 604. The molecule has 2 aromatic carbocycles. The van der Waals surface area contributed by atoms with Gasteiger partial charge in [0.15, 0.2) is 0 Å². The first kappa shape index (κ1) is 15.3. The molecule has 2 rings (SSSR count). The van der Waals surface area contributed by atoms with Gasteiger partial charge >= 0.3 is 0 Å². The highest BCUT2D eigenvalue weighted by molar-refractivity contribution is 5.97. The van der Waals surface area contributed by atoms with E-state index in [4.69, 9.17) is 0 Å². The van der Waals surface area contributed by atoms with Crippen LogP contribution in [0.3, 0.4) is 0 Å². The van der Waals surface area contributed by atoms with Crippen molar-refractivity contribution in [3.05, 3.63) is 65.2 Å². The second-order valence-corrected chi connectivity index (χ2v) is 5.32. The molecule has 0 spiro atoms. The number of benzene rings is 2. The van der Waals surface area contributed by atoms with Gasteiger partial charge in [-0.25, -0.2) is 0 Å². The van der Waals surface area contributed by atoms with Crippen LogP contribution in [0.25, 0.3) is 0 Å². The van der Waals surface area contributed by atoms with Gasteiger partial charge in [0.05, 0.1) is 5.92 Å². The Labute approximate surface area is 127 Å². The Kier molecular flexibility index (Phi) is 5.15. The van der Waals surface area contributed by atoms with Crippen molar-refractivity contribution in [1.29, 1.82) is 0 Å². The average molecular weight is 281 g/mol. The largest absolute Gasteiger partial charge is 0.325 e. The van der Waals surface area contributed by atoms with Gasteiger partial charge in [0, 0.05) is 5.69 Å². The highest BCUT2D eigenvalue weighted by Crippen LogP contribution is 2.25. The molecule has 0 aliphatic heterocycles. The summed E-state index contributed by atoms with van der Waals surface area (Å²) in [5, 5.41) is 3.14. The van der Waals surface area contributed by atoms with Crippen LogP contribution in [-0.4, -0.2) is 5.91 Å². The standard InChI is InChI=1S/C19H23NO/c1-4-15-13-9-10-14(3)18(15)20-19(21)17(5-2)16-11-7-6-8-12-16/h6-13,17H,4-5H2,1-3H3,(H,20,21)/t17-/m1/s1. The highest BCUT2D eigenvalue weighted by Gasteiger charge is 2.19. The molecule has 21 heavy (non-hydrogen) atoms. The van der Waals surface area contributed by atoms with Crippen LogP contribution in [-0.2, 0) is 11.2 Å². The molecular weight excluding hydrogens is 258 g/mol. The van der Waals surface area contributed by atoms with Crippen LogP contribution in [0.5, 0.6) is 0 Å². The molecule has 110 valence electrons. The van der Waals surface area contributed by atoms with E-state index < -0.39 is 0 Å². The van der Waals surface area contributed by atoms with Gasteiger partial charge in [-0.2, -0.15) is 0 Å². The van der Waals surface area contributed by atoms with Crippen molar-refractivity contribution in [1.82, 2.24) is 0 Å². The van der Waals surface area contributed by atoms with E-state index in [1.807, 2.05) is 49.4 Å². The van der Waals surface area contributed by atoms with E-state index in [0.717, 1.165) is 29.7 Å². The fourth-order valence-corrected chi connectivity index (χ4v) is 2.67. The van der Waals surface area contributed by atoms with E-state index in [1.165, 1.54) is 5.56 Å². The Hall–Kier alpha value is -2.09. The van der Waals surface area contributed by atoms with Crippen molar-refractivity contribution in [2.24, 2.45) is 0 Å². The zero-order valence-electron chi connectivity index (χ0n) is 13.0. The maximum atomic E-state index is 12.7. The van der Waals surface area contributed by atoms with E-state index in [1.54, 1.807) is 0 Å². The monoisotopic (exact) mass is 281 g/mol. The Morgan fingerprint density at radius 3 is 2.38 bits per heavy atom. The summed E-state index contributed by atoms with van der Waals surface area (Å²) in [4.78, 5) is 12.7. The van der Waals surface area contributed by atoms with Gasteiger partial charge in [0.2, 0.25) is 5.91 Å². The predicted octanol–water partition coefficient (Wildman–Crippen LogP) is 4.69. The zero-order valence-corrected chi connectivity index (χ0v) is 13.0. The minimum absolute atomic E-state index is 0.0766. The summed E-state index contributed by atoms with van der Waals surface area (Å²) in [5.41, 5.74) is 4.35. The minimum atomic E-state index is -0.101. The molecule has 2 aromatic rings. The summed E-state index contributed by atoms with van der Waals surface area (Å²) in [6.45, 7) is 6.20. The highest BCUT2D eigenvalue weighted by atomic mass is 16.1. The lowest BCUT2D eigenvalue weighted by Gasteiger charge is -2.18. The van der Waals surface area contributed by atoms with Crippen molar-refractivity contribution in [3.8, 4) is 0 Å². The number of hydrogen-bond donors (Lipinski definition) is 1. The van der Waals surface area contributed by atoms with E-state index in [9.17, 15) is 4.79 Å². The molecule has 0 unspecified atom stereocenters. The van der Waals surface area contributed by atoms with Crippen LogP contribution < -0.4 is 5.32 Å². The molecule has 1 amide bonds. The Balaban J connectivity index is 2.25. The molecule has 0 aliphatic rings. The van der Waals surface area contributed by atoms with Crippen LogP contribution in [0.1, 0.15) is 42.9 Å². The fraction of sp³-hybridized carbons (Fsp3) is 0.316. The first-order chi connectivity index (χ1) is 10.2. The van der Waals surface area contributed by atoms with Crippen molar-refractivity contribution in [3.63, 3.8) is 0 Å². The summed E-state index contributed by atoms with van der Waals surface area (Å²) in [6.07, 6.45) is 1.71. The minimum Gasteiger partial charge on any atom is -0.325 e. The van der Waals surface area contributed by atoms with E-state index in [-0.39, 0.29) is 11.8 Å². The van der Waals surface area contributed by atoms with Crippen LogP contribution in [0, 0.1) is 6.92 Å². The lowest BCUT2D eigenvalue weighted by Crippen LogP contribution is -2.22. The van der Waals surface area contributed by atoms with Crippen LogP contribution in [0.15, 0.2) is 48.5 Å². The molecule has 0 bridgehead atoms.